The first-order valence-electron chi connectivity index (χ1n) is 12.7. The first-order chi connectivity index (χ1) is 17.5. The Hall–Kier alpha value is -2.81. The zero-order chi connectivity index (χ0) is 24.9. The van der Waals surface area contributed by atoms with Gasteiger partial charge in [0, 0.05) is 47.5 Å². The molecule has 0 atom stereocenters. The van der Waals surface area contributed by atoms with E-state index in [0.717, 1.165) is 79.9 Å². The molecule has 6 heterocycles. The SMILES string of the molecule is CN1CCCNC(=O)C2CCN(CC2)Cc2cc(Br)cc(c2)Nc2nccc(n2)-c2ccc(cc2)C1. The molecule has 0 radical (unpaired) electrons. The predicted molar refractivity (Wildman–Crippen MR) is 147 cm³/mol. The first-order valence-corrected chi connectivity index (χ1v) is 13.5. The number of amides is 1. The van der Waals surface area contributed by atoms with Crippen molar-refractivity contribution in [3.8, 4) is 11.3 Å². The molecule has 5 aliphatic heterocycles. The summed E-state index contributed by atoms with van der Waals surface area (Å²) in [5.41, 5.74) is 5.36. The van der Waals surface area contributed by atoms with Gasteiger partial charge in [0.15, 0.2) is 0 Å². The summed E-state index contributed by atoms with van der Waals surface area (Å²) in [5, 5.41) is 6.56. The molecule has 7 nitrogen and oxygen atoms in total. The van der Waals surface area contributed by atoms with Crippen molar-refractivity contribution in [1.29, 1.82) is 0 Å². The molecular formula is C28H33BrN6O. The number of nitrogens with one attached hydrogen (secondary N) is 2. The molecule has 5 aliphatic rings. The number of hydrogen-bond donors (Lipinski definition) is 2. The third kappa shape index (κ3) is 6.49. The van der Waals surface area contributed by atoms with Crippen LogP contribution in [0.4, 0.5) is 11.6 Å². The number of nitrogens with zero attached hydrogens (tertiary/aromatic N) is 4. The quantitative estimate of drug-likeness (QED) is 0.419. The lowest BCUT2D eigenvalue weighted by atomic mass is 9.95. The molecule has 1 saturated heterocycles. The van der Waals surface area contributed by atoms with Gasteiger partial charge in [-0.2, -0.15) is 0 Å². The number of benzene rings is 2. The van der Waals surface area contributed by atoms with E-state index in [9.17, 15) is 4.79 Å². The summed E-state index contributed by atoms with van der Waals surface area (Å²) in [6, 6.07) is 16.8. The summed E-state index contributed by atoms with van der Waals surface area (Å²) in [7, 11) is 2.13. The minimum atomic E-state index is 0.114. The third-order valence-corrected chi connectivity index (χ3v) is 7.41. The Morgan fingerprint density at radius 2 is 1.78 bits per heavy atom. The highest BCUT2D eigenvalue weighted by Crippen LogP contribution is 2.26. The van der Waals surface area contributed by atoms with E-state index in [2.05, 4.69) is 84.8 Å². The van der Waals surface area contributed by atoms with E-state index in [4.69, 9.17) is 4.98 Å². The van der Waals surface area contributed by atoms with Gasteiger partial charge in [-0.25, -0.2) is 9.97 Å². The maximum absolute atomic E-state index is 12.7. The van der Waals surface area contributed by atoms with Gasteiger partial charge in [-0.3, -0.25) is 9.69 Å². The second-order valence-corrected chi connectivity index (χ2v) is 10.8. The Bertz CT molecular complexity index is 1190. The standard InChI is InChI=1S/C28H33BrN6O/c1-34-12-2-10-30-27(36)23-8-13-35(14-9-23)19-21-15-24(29)17-25(16-21)32-28-31-11-7-26(33-28)22-5-3-20(18-34)4-6-22/h3-7,11,15-17,23H,2,8-10,12-14,18-19H2,1H3,(H,30,36)(H,31,32,33). The van der Waals surface area contributed by atoms with Crippen molar-refractivity contribution in [1.82, 2.24) is 25.1 Å². The van der Waals surface area contributed by atoms with Gasteiger partial charge in [-0.05, 0) is 81.3 Å². The van der Waals surface area contributed by atoms with E-state index < -0.39 is 0 Å². The van der Waals surface area contributed by atoms with Gasteiger partial charge < -0.3 is 15.5 Å². The molecule has 36 heavy (non-hydrogen) atoms. The number of piperidine rings is 1. The van der Waals surface area contributed by atoms with E-state index in [-0.39, 0.29) is 11.8 Å². The fourth-order valence-electron chi connectivity index (χ4n) is 5.01. The van der Waals surface area contributed by atoms with Crippen molar-refractivity contribution < 1.29 is 4.79 Å². The lowest BCUT2D eigenvalue weighted by Gasteiger charge is -2.31. The van der Waals surface area contributed by atoms with Gasteiger partial charge in [-0.15, -0.1) is 0 Å². The second-order valence-electron chi connectivity index (χ2n) is 9.87. The van der Waals surface area contributed by atoms with E-state index >= 15 is 0 Å². The van der Waals surface area contributed by atoms with E-state index in [1.54, 1.807) is 6.20 Å². The van der Waals surface area contributed by atoms with Crippen molar-refractivity contribution >= 4 is 33.5 Å². The van der Waals surface area contributed by atoms with Gasteiger partial charge in [0.1, 0.15) is 0 Å². The van der Waals surface area contributed by atoms with Crippen molar-refractivity contribution in [2.45, 2.75) is 32.4 Å². The van der Waals surface area contributed by atoms with E-state index in [1.165, 1.54) is 11.1 Å². The van der Waals surface area contributed by atoms with Crippen LogP contribution in [0.1, 0.15) is 30.4 Å². The van der Waals surface area contributed by atoms with Crippen LogP contribution in [0.15, 0.2) is 59.2 Å². The van der Waals surface area contributed by atoms with Crippen LogP contribution in [0.5, 0.6) is 0 Å². The minimum absolute atomic E-state index is 0.114. The van der Waals surface area contributed by atoms with Crippen LogP contribution in [0, 0.1) is 5.92 Å². The topological polar surface area (TPSA) is 73.4 Å². The van der Waals surface area contributed by atoms with E-state index in [1.807, 2.05) is 12.1 Å². The molecule has 8 bridgehead atoms. The molecular weight excluding hydrogens is 516 g/mol. The van der Waals surface area contributed by atoms with Crippen LogP contribution in [0.2, 0.25) is 0 Å². The summed E-state index contributed by atoms with van der Waals surface area (Å²) >= 11 is 3.66. The van der Waals surface area contributed by atoms with Crippen molar-refractivity contribution in [2.75, 3.05) is 38.5 Å². The van der Waals surface area contributed by atoms with E-state index in [0.29, 0.717) is 5.95 Å². The Balaban J connectivity index is 1.39. The van der Waals surface area contributed by atoms with Crippen LogP contribution in [-0.2, 0) is 17.9 Å². The Morgan fingerprint density at radius 1 is 0.972 bits per heavy atom. The Kier molecular flexibility index (Phi) is 7.94. The zero-order valence-electron chi connectivity index (χ0n) is 20.7. The highest BCUT2D eigenvalue weighted by molar-refractivity contribution is 9.10. The monoisotopic (exact) mass is 548 g/mol. The maximum Gasteiger partial charge on any atom is 0.227 e. The fraction of sp³-hybridized carbons (Fsp3) is 0.393. The normalized spacial score (nSPS) is 21.6. The molecule has 188 valence electrons. The largest absolute Gasteiger partial charge is 0.356 e. The summed E-state index contributed by atoms with van der Waals surface area (Å²) in [6.45, 7) is 5.25. The molecule has 3 aromatic rings. The third-order valence-electron chi connectivity index (χ3n) is 6.95. The first kappa shape index (κ1) is 24.9. The Morgan fingerprint density at radius 3 is 2.58 bits per heavy atom. The van der Waals surface area contributed by atoms with Gasteiger partial charge in [0.2, 0.25) is 11.9 Å². The molecule has 8 heteroatoms. The summed E-state index contributed by atoms with van der Waals surface area (Å²) in [4.78, 5) is 26.7. The second kappa shape index (κ2) is 11.5. The summed E-state index contributed by atoms with van der Waals surface area (Å²) in [5.74, 6) is 0.899. The molecule has 0 saturated carbocycles. The Labute approximate surface area is 221 Å². The van der Waals surface area contributed by atoms with Crippen LogP contribution >= 0.6 is 15.9 Å². The minimum Gasteiger partial charge on any atom is -0.356 e. The number of rotatable bonds is 0. The average Bonchev–Trinajstić information content (AvgIpc) is 2.87. The molecule has 8 rings (SSSR count). The molecule has 0 spiro atoms. The van der Waals surface area contributed by atoms with Crippen molar-refractivity contribution in [2.24, 2.45) is 5.92 Å². The molecule has 0 unspecified atom stereocenters. The van der Waals surface area contributed by atoms with Gasteiger partial charge in [0.25, 0.3) is 0 Å². The average molecular weight is 550 g/mol. The van der Waals surface area contributed by atoms with Crippen molar-refractivity contribution in [3.63, 3.8) is 0 Å². The van der Waals surface area contributed by atoms with Crippen LogP contribution in [0.25, 0.3) is 11.3 Å². The highest BCUT2D eigenvalue weighted by atomic mass is 79.9. The smallest absolute Gasteiger partial charge is 0.227 e. The fourth-order valence-corrected chi connectivity index (χ4v) is 5.55. The number of carbonyl (C=O) groups is 1. The highest BCUT2D eigenvalue weighted by Gasteiger charge is 2.25. The van der Waals surface area contributed by atoms with Crippen molar-refractivity contribution in [3.05, 3.63) is 70.3 Å². The van der Waals surface area contributed by atoms with Gasteiger partial charge >= 0.3 is 0 Å². The lowest BCUT2D eigenvalue weighted by Crippen LogP contribution is -2.40. The molecule has 0 aliphatic carbocycles. The molecule has 2 aromatic carbocycles. The van der Waals surface area contributed by atoms with Crippen LogP contribution in [-0.4, -0.2) is 58.9 Å². The van der Waals surface area contributed by atoms with Gasteiger partial charge in [0.05, 0.1) is 5.69 Å². The zero-order valence-corrected chi connectivity index (χ0v) is 22.3. The number of hydrogen-bond acceptors (Lipinski definition) is 6. The number of carbonyl (C=O) groups excluding carboxylic acids is 1. The van der Waals surface area contributed by atoms with Crippen LogP contribution in [0.3, 0.4) is 0 Å². The number of halogens is 1. The number of aromatic nitrogens is 2. The number of anilines is 2. The molecule has 2 N–H and O–H groups in total. The molecule has 1 amide bonds. The molecule has 1 fully saturated rings. The van der Waals surface area contributed by atoms with Gasteiger partial charge in [-0.1, -0.05) is 40.2 Å². The maximum atomic E-state index is 12.7. The lowest BCUT2D eigenvalue weighted by molar-refractivity contribution is -0.126. The summed E-state index contributed by atoms with van der Waals surface area (Å²) in [6.07, 6.45) is 4.55. The predicted octanol–water partition coefficient (Wildman–Crippen LogP) is 4.81. The molecule has 1 aromatic heterocycles. The van der Waals surface area contributed by atoms with Crippen LogP contribution < -0.4 is 10.6 Å². The summed E-state index contributed by atoms with van der Waals surface area (Å²) < 4.78 is 1.01.